The largest absolute Gasteiger partial charge is 0.467 e. The van der Waals surface area contributed by atoms with Gasteiger partial charge in [-0.25, -0.2) is 9.59 Å². The molecule has 1 N–H and O–H groups in total. The predicted octanol–water partition coefficient (Wildman–Crippen LogP) is 4.38. The molecule has 0 radical (unpaired) electrons. The number of benzene rings is 1. The Kier molecular flexibility index (Phi) is 7.36. The van der Waals surface area contributed by atoms with Crippen molar-refractivity contribution in [1.29, 1.82) is 0 Å². The van der Waals surface area contributed by atoms with Crippen molar-refractivity contribution < 1.29 is 23.2 Å². The molecule has 1 atom stereocenters. The van der Waals surface area contributed by atoms with Gasteiger partial charge in [-0.3, -0.25) is 4.79 Å². The topological polar surface area (TPSA) is 98.8 Å². The first-order valence-electron chi connectivity index (χ1n) is 11.7. The van der Waals surface area contributed by atoms with E-state index < -0.39 is 17.6 Å². The Labute approximate surface area is 202 Å². The average Bonchev–Trinajstić information content (AvgIpc) is 3.21. The van der Waals surface area contributed by atoms with E-state index in [4.69, 9.17) is 13.6 Å². The lowest BCUT2D eigenvalue weighted by Gasteiger charge is -2.16. The third-order valence-electron chi connectivity index (χ3n) is 6.76. The summed E-state index contributed by atoms with van der Waals surface area (Å²) in [6.45, 7) is 3.83. The van der Waals surface area contributed by atoms with Gasteiger partial charge in [-0.15, -0.1) is 0 Å². The van der Waals surface area contributed by atoms with Crippen molar-refractivity contribution in [2.24, 2.45) is 0 Å². The van der Waals surface area contributed by atoms with Crippen LogP contribution in [0.4, 0.5) is 0 Å². The zero-order chi connectivity index (χ0) is 24.4. The molecule has 182 valence electrons. The standard InChI is InChI=1S/C26H31NO6S/c1-14-16(9-10-22(28)27-20(11-12-34-4)26(30)31-3)25(29)33-23-15(2)24-19(13-18(14)23)17-7-5-6-8-21(17)32-24/h13,20H,5-12H2,1-4H3,(H,27,28). The summed E-state index contributed by atoms with van der Waals surface area (Å²) in [5.74, 6) is 0.995. The van der Waals surface area contributed by atoms with Crippen LogP contribution in [0.25, 0.3) is 21.9 Å². The average molecular weight is 486 g/mol. The maximum absolute atomic E-state index is 12.9. The lowest BCUT2D eigenvalue weighted by Crippen LogP contribution is -2.42. The predicted molar refractivity (Wildman–Crippen MR) is 134 cm³/mol. The van der Waals surface area contributed by atoms with E-state index >= 15 is 0 Å². The van der Waals surface area contributed by atoms with Crippen LogP contribution in [0.2, 0.25) is 0 Å². The highest BCUT2D eigenvalue weighted by Crippen LogP contribution is 2.37. The zero-order valence-electron chi connectivity index (χ0n) is 20.2. The molecule has 0 saturated heterocycles. The van der Waals surface area contributed by atoms with Crippen LogP contribution in [0, 0.1) is 13.8 Å². The van der Waals surface area contributed by atoms with Gasteiger partial charge >= 0.3 is 11.6 Å². The molecule has 0 aliphatic heterocycles. The minimum absolute atomic E-state index is 0.0756. The van der Waals surface area contributed by atoms with Crippen LogP contribution in [-0.2, 0) is 33.6 Å². The summed E-state index contributed by atoms with van der Waals surface area (Å²) in [4.78, 5) is 37.4. The molecule has 2 aromatic heterocycles. The number of nitrogens with one attached hydrogen (secondary N) is 1. The first-order valence-corrected chi connectivity index (χ1v) is 13.1. The molecule has 1 unspecified atom stereocenters. The highest BCUT2D eigenvalue weighted by atomic mass is 32.2. The van der Waals surface area contributed by atoms with E-state index in [1.165, 1.54) is 12.7 Å². The van der Waals surface area contributed by atoms with Crippen molar-refractivity contribution in [3.05, 3.63) is 44.5 Å². The number of carbonyl (C=O) groups excluding carboxylic acids is 2. The van der Waals surface area contributed by atoms with Crippen LogP contribution in [0.3, 0.4) is 0 Å². The molecule has 1 amide bonds. The molecule has 7 nitrogen and oxygen atoms in total. The highest BCUT2D eigenvalue weighted by Gasteiger charge is 2.24. The molecule has 0 saturated carbocycles. The van der Waals surface area contributed by atoms with Gasteiger partial charge in [-0.05, 0) is 69.6 Å². The number of esters is 1. The molecule has 0 spiro atoms. The Morgan fingerprint density at radius 1 is 1.12 bits per heavy atom. The monoisotopic (exact) mass is 485 g/mol. The van der Waals surface area contributed by atoms with Crippen LogP contribution in [0.5, 0.6) is 0 Å². The molecule has 1 aromatic carbocycles. The Morgan fingerprint density at radius 3 is 2.59 bits per heavy atom. The number of ether oxygens (including phenoxy) is 1. The number of carbonyl (C=O) groups is 2. The quantitative estimate of drug-likeness (QED) is 0.373. The van der Waals surface area contributed by atoms with Gasteiger partial charge < -0.3 is 18.9 Å². The molecule has 3 aromatic rings. The van der Waals surface area contributed by atoms with Crippen molar-refractivity contribution in [1.82, 2.24) is 5.32 Å². The van der Waals surface area contributed by atoms with Gasteiger partial charge in [0.05, 0.1) is 7.11 Å². The van der Waals surface area contributed by atoms with E-state index in [1.54, 1.807) is 11.8 Å². The second-order valence-electron chi connectivity index (χ2n) is 8.88. The summed E-state index contributed by atoms with van der Waals surface area (Å²) >= 11 is 1.59. The van der Waals surface area contributed by atoms with Crippen molar-refractivity contribution in [2.45, 2.75) is 64.8 Å². The number of methoxy groups -OCH3 is 1. The van der Waals surface area contributed by atoms with Crippen LogP contribution < -0.4 is 10.9 Å². The molecule has 2 heterocycles. The second-order valence-corrected chi connectivity index (χ2v) is 9.87. The minimum atomic E-state index is -0.692. The molecule has 1 aliphatic rings. The summed E-state index contributed by atoms with van der Waals surface area (Å²) in [6, 6.07) is 1.38. The fraction of sp³-hybridized carbons (Fsp3) is 0.500. The molecule has 0 bridgehead atoms. The van der Waals surface area contributed by atoms with Crippen LogP contribution in [-0.4, -0.2) is 37.0 Å². The lowest BCUT2D eigenvalue weighted by molar-refractivity contribution is -0.145. The number of rotatable bonds is 8. The minimum Gasteiger partial charge on any atom is -0.467 e. The van der Waals surface area contributed by atoms with Gasteiger partial charge in [-0.1, -0.05) is 0 Å². The molecule has 34 heavy (non-hydrogen) atoms. The maximum Gasteiger partial charge on any atom is 0.339 e. The zero-order valence-corrected chi connectivity index (χ0v) is 21.0. The first kappa shape index (κ1) is 24.4. The molecular weight excluding hydrogens is 454 g/mol. The van der Waals surface area contributed by atoms with Crippen molar-refractivity contribution in [3.8, 4) is 0 Å². The molecule has 1 aliphatic carbocycles. The fourth-order valence-corrected chi connectivity index (χ4v) is 5.31. The van der Waals surface area contributed by atoms with E-state index in [2.05, 4.69) is 11.4 Å². The van der Waals surface area contributed by atoms with E-state index in [9.17, 15) is 14.4 Å². The Bertz CT molecular complexity index is 1300. The lowest BCUT2D eigenvalue weighted by atomic mass is 9.93. The normalized spacial score (nSPS) is 14.2. The van der Waals surface area contributed by atoms with Crippen molar-refractivity contribution >= 4 is 45.6 Å². The highest BCUT2D eigenvalue weighted by molar-refractivity contribution is 7.98. The number of amides is 1. The summed E-state index contributed by atoms with van der Waals surface area (Å²) in [5, 5.41) is 4.71. The fourth-order valence-electron chi connectivity index (χ4n) is 4.84. The van der Waals surface area contributed by atoms with Gasteiger partial charge in [-0.2, -0.15) is 11.8 Å². The Morgan fingerprint density at radius 2 is 1.85 bits per heavy atom. The van der Waals surface area contributed by atoms with Gasteiger partial charge in [0, 0.05) is 40.3 Å². The third kappa shape index (κ3) is 4.60. The molecular formula is C26H31NO6S. The number of hydrogen-bond acceptors (Lipinski definition) is 7. The van der Waals surface area contributed by atoms with Crippen molar-refractivity contribution in [3.63, 3.8) is 0 Å². The smallest absolute Gasteiger partial charge is 0.339 e. The Balaban J connectivity index is 1.61. The van der Waals surface area contributed by atoms with E-state index in [1.807, 2.05) is 20.1 Å². The second kappa shape index (κ2) is 10.3. The Hall–Kier alpha value is -2.74. The first-order chi connectivity index (χ1) is 16.3. The van der Waals surface area contributed by atoms with E-state index in [-0.39, 0.29) is 18.7 Å². The number of thioether (sulfide) groups is 1. The van der Waals surface area contributed by atoms with E-state index in [0.29, 0.717) is 17.6 Å². The number of furan rings is 1. The van der Waals surface area contributed by atoms with Crippen LogP contribution >= 0.6 is 11.8 Å². The molecule has 4 rings (SSSR count). The molecule has 0 fully saturated rings. The summed E-state index contributed by atoms with van der Waals surface area (Å²) in [7, 11) is 1.31. The number of hydrogen-bond donors (Lipinski definition) is 1. The maximum atomic E-state index is 12.9. The van der Waals surface area contributed by atoms with Crippen LogP contribution in [0.1, 0.15) is 53.7 Å². The van der Waals surface area contributed by atoms with Gasteiger partial charge in [0.1, 0.15) is 23.0 Å². The summed E-state index contributed by atoms with van der Waals surface area (Å²) in [6.07, 6.45) is 6.93. The van der Waals surface area contributed by atoms with Crippen LogP contribution in [0.15, 0.2) is 19.7 Å². The van der Waals surface area contributed by atoms with Gasteiger partial charge in [0.2, 0.25) is 5.91 Å². The molecule has 8 heteroatoms. The summed E-state index contributed by atoms with van der Waals surface area (Å²) < 4.78 is 16.7. The SMILES string of the molecule is COC(=O)C(CCSC)NC(=O)CCc1c(C)c2cc3c4c(oc3c(C)c2oc1=O)CCCC4. The van der Waals surface area contributed by atoms with Crippen molar-refractivity contribution in [2.75, 3.05) is 19.1 Å². The van der Waals surface area contributed by atoms with Gasteiger partial charge in [0.25, 0.3) is 0 Å². The third-order valence-corrected chi connectivity index (χ3v) is 7.40. The number of fused-ring (bicyclic) bond motifs is 4. The number of aryl methyl sites for hydroxylation is 4. The van der Waals surface area contributed by atoms with Gasteiger partial charge in [0.15, 0.2) is 0 Å². The summed E-state index contributed by atoms with van der Waals surface area (Å²) in [5.41, 5.74) is 4.30. The van der Waals surface area contributed by atoms with E-state index in [0.717, 1.165) is 64.7 Å².